The van der Waals surface area contributed by atoms with Gasteiger partial charge in [0.15, 0.2) is 0 Å². The van der Waals surface area contributed by atoms with E-state index in [0.29, 0.717) is 5.69 Å². The van der Waals surface area contributed by atoms with Gasteiger partial charge >= 0.3 is 0 Å². The molecule has 8 heteroatoms. The fourth-order valence-electron chi connectivity index (χ4n) is 2.29. The third-order valence-electron chi connectivity index (χ3n) is 3.72. The third kappa shape index (κ3) is 4.34. The van der Waals surface area contributed by atoms with E-state index in [0.717, 1.165) is 26.9 Å². The van der Waals surface area contributed by atoms with Crippen LogP contribution in [0.25, 0.3) is 0 Å². The van der Waals surface area contributed by atoms with Crippen LogP contribution in [-0.2, 0) is 27.8 Å². The van der Waals surface area contributed by atoms with Crippen LogP contribution in [0.15, 0.2) is 52.3 Å². The second-order valence-electron chi connectivity index (χ2n) is 5.68. The zero-order valence-corrected chi connectivity index (χ0v) is 15.2. The van der Waals surface area contributed by atoms with Gasteiger partial charge in [-0.2, -0.15) is 0 Å². The van der Waals surface area contributed by atoms with Gasteiger partial charge in [0.05, 0.1) is 4.90 Å². The van der Waals surface area contributed by atoms with Gasteiger partial charge in [-0.25, -0.2) is 12.7 Å². The van der Waals surface area contributed by atoms with Crippen LogP contribution >= 0.6 is 0 Å². The highest BCUT2D eigenvalue weighted by Crippen LogP contribution is 2.15. The van der Waals surface area contributed by atoms with Gasteiger partial charge in [0.2, 0.25) is 15.9 Å². The average Bonchev–Trinajstić information content (AvgIpc) is 2.57. The van der Waals surface area contributed by atoms with Crippen LogP contribution in [0.5, 0.6) is 0 Å². The van der Waals surface area contributed by atoms with Crippen molar-refractivity contribution in [3.05, 3.63) is 58.5 Å². The Morgan fingerprint density at radius 1 is 1.16 bits per heavy atom. The number of aromatic nitrogens is 1. The number of hydrogen-bond donors (Lipinski definition) is 1. The molecule has 0 unspecified atom stereocenters. The normalized spacial score (nSPS) is 11.5. The molecule has 1 aromatic carbocycles. The van der Waals surface area contributed by atoms with Crippen molar-refractivity contribution in [2.45, 2.75) is 24.8 Å². The molecular weight excluding hydrogens is 342 g/mol. The Balaban J connectivity index is 2.25. The van der Waals surface area contributed by atoms with Gasteiger partial charge in [0.25, 0.3) is 5.56 Å². The van der Waals surface area contributed by atoms with Crippen LogP contribution < -0.4 is 10.9 Å². The number of rotatable bonds is 6. The highest BCUT2D eigenvalue weighted by atomic mass is 32.2. The first-order valence-corrected chi connectivity index (χ1v) is 9.20. The third-order valence-corrected chi connectivity index (χ3v) is 5.52. The minimum atomic E-state index is -3.68. The van der Waals surface area contributed by atoms with Crippen molar-refractivity contribution in [2.75, 3.05) is 19.4 Å². The number of nitrogens with one attached hydrogen (secondary N) is 1. The number of carbonyl (C=O) groups excluding carboxylic acids is 1. The minimum Gasteiger partial charge on any atom is -0.324 e. The number of hydrogen-bond acceptors (Lipinski definition) is 4. The van der Waals surface area contributed by atoms with Crippen LogP contribution in [-0.4, -0.2) is 37.3 Å². The van der Waals surface area contributed by atoms with Crippen molar-refractivity contribution in [2.24, 2.45) is 0 Å². The molecule has 25 heavy (non-hydrogen) atoms. The van der Waals surface area contributed by atoms with Gasteiger partial charge in [-0.1, -0.05) is 25.1 Å². The molecular formula is C17H21N3O4S. The van der Waals surface area contributed by atoms with Crippen molar-refractivity contribution in [3.63, 3.8) is 0 Å². The molecule has 0 aliphatic rings. The van der Waals surface area contributed by atoms with Gasteiger partial charge in [-0.3, -0.25) is 9.59 Å². The summed E-state index contributed by atoms with van der Waals surface area (Å²) in [5.41, 5.74) is 1.21. The van der Waals surface area contributed by atoms with E-state index in [2.05, 4.69) is 5.32 Å². The maximum absolute atomic E-state index is 12.3. The zero-order chi connectivity index (χ0) is 18.6. The zero-order valence-electron chi connectivity index (χ0n) is 14.4. The first-order valence-electron chi connectivity index (χ1n) is 7.76. The van der Waals surface area contributed by atoms with Crippen molar-refractivity contribution in [1.82, 2.24) is 8.87 Å². The number of amides is 1. The largest absolute Gasteiger partial charge is 0.324 e. The molecule has 1 aromatic heterocycles. The van der Waals surface area contributed by atoms with Crippen molar-refractivity contribution in [1.29, 1.82) is 0 Å². The summed E-state index contributed by atoms with van der Waals surface area (Å²) >= 11 is 0. The van der Waals surface area contributed by atoms with Crippen LogP contribution in [0.4, 0.5) is 5.69 Å². The number of pyridine rings is 1. The second-order valence-corrected chi connectivity index (χ2v) is 7.83. The summed E-state index contributed by atoms with van der Waals surface area (Å²) in [6.45, 7) is 1.71. The van der Waals surface area contributed by atoms with E-state index >= 15 is 0 Å². The molecule has 0 radical (unpaired) electrons. The smallest absolute Gasteiger partial charge is 0.251 e. The van der Waals surface area contributed by atoms with E-state index in [1.54, 1.807) is 6.07 Å². The lowest BCUT2D eigenvalue weighted by Crippen LogP contribution is -2.29. The van der Waals surface area contributed by atoms with E-state index in [1.165, 1.54) is 26.4 Å². The Morgan fingerprint density at radius 3 is 2.48 bits per heavy atom. The molecule has 0 bridgehead atoms. The first-order chi connectivity index (χ1) is 11.8. The lowest BCUT2D eigenvalue weighted by atomic mass is 10.1. The summed E-state index contributed by atoms with van der Waals surface area (Å²) in [6, 6.07) is 9.76. The average molecular weight is 363 g/mol. The summed E-state index contributed by atoms with van der Waals surface area (Å²) in [7, 11) is -0.876. The molecule has 0 spiro atoms. The fraction of sp³-hybridized carbons (Fsp3) is 0.294. The van der Waals surface area contributed by atoms with Crippen molar-refractivity contribution in [3.8, 4) is 0 Å². The molecule has 0 aliphatic carbocycles. The highest BCUT2D eigenvalue weighted by molar-refractivity contribution is 7.89. The van der Waals surface area contributed by atoms with Gasteiger partial charge in [-0.15, -0.1) is 0 Å². The number of nitrogens with zero attached hydrogens (tertiary/aromatic N) is 2. The molecule has 2 aromatic rings. The summed E-state index contributed by atoms with van der Waals surface area (Å²) in [5, 5.41) is 2.76. The fourth-order valence-corrected chi connectivity index (χ4v) is 3.21. The van der Waals surface area contributed by atoms with E-state index < -0.39 is 21.5 Å². The Morgan fingerprint density at radius 2 is 1.84 bits per heavy atom. The predicted molar refractivity (Wildman–Crippen MR) is 96.0 cm³/mol. The molecule has 0 atom stereocenters. The number of anilines is 1. The second kappa shape index (κ2) is 7.62. The maximum atomic E-state index is 12.3. The lowest BCUT2D eigenvalue weighted by molar-refractivity contribution is -0.116. The highest BCUT2D eigenvalue weighted by Gasteiger charge is 2.18. The molecule has 1 heterocycles. The molecule has 134 valence electrons. The van der Waals surface area contributed by atoms with Gasteiger partial charge in [0.1, 0.15) is 6.54 Å². The lowest BCUT2D eigenvalue weighted by Gasteiger charge is -2.14. The molecule has 0 saturated heterocycles. The summed E-state index contributed by atoms with van der Waals surface area (Å²) in [4.78, 5) is 24.2. The monoisotopic (exact) mass is 363 g/mol. The molecule has 0 aliphatic heterocycles. The Bertz CT molecular complexity index is 933. The van der Waals surface area contributed by atoms with E-state index in [9.17, 15) is 18.0 Å². The maximum Gasteiger partial charge on any atom is 0.251 e. The number of sulfonamides is 1. The topological polar surface area (TPSA) is 88.5 Å². The quantitative estimate of drug-likeness (QED) is 0.838. The van der Waals surface area contributed by atoms with Gasteiger partial charge < -0.3 is 9.88 Å². The van der Waals surface area contributed by atoms with E-state index in [4.69, 9.17) is 0 Å². The molecule has 0 saturated carbocycles. The molecule has 0 fully saturated rings. The Hall–Kier alpha value is -2.45. The van der Waals surface area contributed by atoms with Crippen LogP contribution in [0.3, 0.4) is 0 Å². The van der Waals surface area contributed by atoms with E-state index in [1.807, 2.05) is 25.1 Å². The minimum absolute atomic E-state index is 0.0427. The summed E-state index contributed by atoms with van der Waals surface area (Å²) in [5.74, 6) is -0.401. The molecule has 1 amide bonds. The van der Waals surface area contributed by atoms with Crippen LogP contribution in [0, 0.1) is 0 Å². The Kier molecular flexibility index (Phi) is 5.76. The molecule has 7 nitrogen and oxygen atoms in total. The Labute approximate surface area is 147 Å². The standard InChI is InChI=1S/C17H21N3O4S/c1-4-13-7-5-6-8-15(13)18-16(21)12-20-11-14(9-10-17(20)22)25(23,24)19(2)3/h5-11H,4,12H2,1-3H3,(H,18,21). The first kappa shape index (κ1) is 18.9. The molecule has 2 rings (SSSR count). The summed E-state index contributed by atoms with van der Waals surface area (Å²) < 4.78 is 26.5. The van der Waals surface area contributed by atoms with Crippen LogP contribution in [0.1, 0.15) is 12.5 Å². The predicted octanol–water partition coefficient (Wildman–Crippen LogP) is 1.30. The van der Waals surface area contributed by atoms with Gasteiger partial charge in [0, 0.05) is 32.0 Å². The van der Waals surface area contributed by atoms with E-state index in [-0.39, 0.29) is 11.4 Å². The van der Waals surface area contributed by atoms with Gasteiger partial charge in [-0.05, 0) is 24.1 Å². The number of aryl methyl sites for hydroxylation is 1. The van der Waals surface area contributed by atoms with Crippen molar-refractivity contribution >= 4 is 21.6 Å². The number of carbonyl (C=O) groups is 1. The molecule has 1 N–H and O–H groups in total. The van der Waals surface area contributed by atoms with Crippen molar-refractivity contribution < 1.29 is 13.2 Å². The number of benzene rings is 1. The number of para-hydroxylation sites is 1. The SMILES string of the molecule is CCc1ccccc1NC(=O)Cn1cc(S(=O)(=O)N(C)C)ccc1=O. The summed E-state index contributed by atoms with van der Waals surface area (Å²) in [6.07, 6.45) is 1.94. The van der Waals surface area contributed by atoms with Crippen LogP contribution in [0.2, 0.25) is 0 Å².